The van der Waals surface area contributed by atoms with Gasteiger partial charge in [0.25, 0.3) is 0 Å². The molecule has 2 aromatic rings. The van der Waals surface area contributed by atoms with Crippen LogP contribution in [-0.2, 0) is 0 Å². The van der Waals surface area contributed by atoms with Crippen LogP contribution in [0.4, 0.5) is 0 Å². The van der Waals surface area contributed by atoms with E-state index in [1.807, 2.05) is 0 Å². The van der Waals surface area contributed by atoms with E-state index in [-0.39, 0.29) is 0 Å². The SMILES string of the molecule is [C]1c2ccc(s2)-c2ccccc21. The summed E-state index contributed by atoms with van der Waals surface area (Å²) in [4.78, 5) is 2.60. The van der Waals surface area contributed by atoms with Crippen LogP contribution in [0.15, 0.2) is 36.4 Å². The molecular weight excluding hydrogens is 164 g/mol. The molecule has 0 atom stereocenters. The van der Waals surface area contributed by atoms with Gasteiger partial charge in [0.05, 0.1) is 6.42 Å². The summed E-state index contributed by atoms with van der Waals surface area (Å²) < 4.78 is 0. The highest BCUT2D eigenvalue weighted by Crippen LogP contribution is 2.38. The lowest BCUT2D eigenvalue weighted by Crippen LogP contribution is -1.87. The van der Waals surface area contributed by atoms with E-state index in [2.05, 4.69) is 42.8 Å². The van der Waals surface area contributed by atoms with Crippen molar-refractivity contribution in [3.8, 4) is 10.4 Å². The fourth-order valence-electron chi connectivity index (χ4n) is 1.49. The third-order valence-corrected chi connectivity index (χ3v) is 3.09. The minimum Gasteiger partial charge on any atom is -0.139 e. The Bertz CT molecular complexity index is 426. The highest BCUT2D eigenvalue weighted by Gasteiger charge is 2.14. The number of hydrogen-bond acceptors (Lipinski definition) is 1. The molecule has 0 fully saturated rings. The lowest BCUT2D eigenvalue weighted by atomic mass is 10.0. The summed E-state index contributed by atoms with van der Waals surface area (Å²) in [6, 6.07) is 12.7. The Balaban J connectivity index is 2.36. The molecule has 0 saturated carbocycles. The van der Waals surface area contributed by atoms with Crippen molar-refractivity contribution >= 4 is 11.3 Å². The highest BCUT2D eigenvalue weighted by atomic mass is 32.1. The molecule has 12 heavy (non-hydrogen) atoms. The van der Waals surface area contributed by atoms with Crippen LogP contribution in [0.5, 0.6) is 0 Å². The second-order valence-corrected chi connectivity index (χ2v) is 3.92. The van der Waals surface area contributed by atoms with Crippen LogP contribution in [0.2, 0.25) is 0 Å². The molecule has 1 aromatic carbocycles. The Hall–Kier alpha value is -1.08. The Morgan fingerprint density at radius 3 is 2.92 bits per heavy atom. The molecule has 1 aliphatic heterocycles. The van der Waals surface area contributed by atoms with E-state index in [0.717, 1.165) is 0 Å². The summed E-state index contributed by atoms with van der Waals surface area (Å²) in [5.41, 5.74) is 2.55. The molecule has 1 heteroatoms. The number of fused-ring (bicyclic) bond motifs is 4. The van der Waals surface area contributed by atoms with Crippen LogP contribution in [0.25, 0.3) is 10.4 Å². The topological polar surface area (TPSA) is 0 Å². The van der Waals surface area contributed by atoms with Gasteiger partial charge in [-0.2, -0.15) is 0 Å². The molecule has 0 spiro atoms. The number of hydrogen-bond donors (Lipinski definition) is 0. The lowest BCUT2D eigenvalue weighted by molar-refractivity contribution is 1.51. The van der Waals surface area contributed by atoms with Crippen LogP contribution in [0.3, 0.4) is 0 Å². The largest absolute Gasteiger partial charge is 0.139 e. The highest BCUT2D eigenvalue weighted by molar-refractivity contribution is 7.16. The molecule has 2 radical (unpaired) electrons. The average molecular weight is 170 g/mol. The molecule has 3 rings (SSSR count). The van der Waals surface area contributed by atoms with Gasteiger partial charge in [0, 0.05) is 9.75 Å². The van der Waals surface area contributed by atoms with Crippen LogP contribution in [0, 0.1) is 6.42 Å². The van der Waals surface area contributed by atoms with Gasteiger partial charge in [-0.15, -0.1) is 11.3 Å². The van der Waals surface area contributed by atoms with Gasteiger partial charge in [-0.1, -0.05) is 24.3 Å². The van der Waals surface area contributed by atoms with Crippen LogP contribution in [0.1, 0.15) is 10.4 Å². The van der Waals surface area contributed by atoms with Crippen molar-refractivity contribution in [2.24, 2.45) is 0 Å². The van der Waals surface area contributed by atoms with E-state index < -0.39 is 0 Å². The van der Waals surface area contributed by atoms with Crippen molar-refractivity contribution in [2.75, 3.05) is 0 Å². The minimum atomic E-state index is 1.23. The summed E-state index contributed by atoms with van der Waals surface area (Å²) >= 11 is 1.81. The van der Waals surface area contributed by atoms with E-state index in [4.69, 9.17) is 0 Å². The van der Waals surface area contributed by atoms with E-state index in [9.17, 15) is 0 Å². The molecule has 0 saturated heterocycles. The molecule has 0 aliphatic carbocycles. The van der Waals surface area contributed by atoms with Crippen molar-refractivity contribution in [2.45, 2.75) is 0 Å². The first-order valence-corrected chi connectivity index (χ1v) is 4.71. The number of benzene rings is 1. The maximum absolute atomic E-state index is 3.36. The monoisotopic (exact) mass is 170 g/mol. The fraction of sp³-hybridized carbons (Fsp3) is 0. The average Bonchev–Trinajstić information content (AvgIpc) is 2.49. The van der Waals surface area contributed by atoms with Crippen LogP contribution in [-0.4, -0.2) is 0 Å². The predicted octanol–water partition coefficient (Wildman–Crippen LogP) is 3.21. The second kappa shape index (κ2) is 2.20. The first kappa shape index (κ1) is 6.44. The number of rotatable bonds is 0. The van der Waals surface area contributed by atoms with Gasteiger partial charge in [0.2, 0.25) is 0 Å². The zero-order valence-electron chi connectivity index (χ0n) is 6.37. The van der Waals surface area contributed by atoms with Crippen LogP contribution < -0.4 is 0 Å². The Kier molecular flexibility index (Phi) is 1.18. The van der Waals surface area contributed by atoms with E-state index in [1.165, 1.54) is 20.9 Å². The van der Waals surface area contributed by atoms with Crippen molar-refractivity contribution in [1.82, 2.24) is 0 Å². The normalized spacial score (nSPS) is 12.7. The molecule has 1 aliphatic rings. The van der Waals surface area contributed by atoms with E-state index in [0.29, 0.717) is 0 Å². The standard InChI is InChI=1S/C11H6S/c1-2-4-10-8(3-1)7-9-5-6-11(10)12-9/h1-6H. The zero-order chi connectivity index (χ0) is 7.97. The summed E-state index contributed by atoms with van der Waals surface area (Å²) in [6.07, 6.45) is 3.36. The number of thiophene rings is 1. The molecule has 0 nitrogen and oxygen atoms in total. The molecule has 2 bridgehead atoms. The lowest BCUT2D eigenvalue weighted by Gasteiger charge is -2.08. The van der Waals surface area contributed by atoms with E-state index in [1.54, 1.807) is 11.3 Å². The van der Waals surface area contributed by atoms with Crippen molar-refractivity contribution in [3.05, 3.63) is 53.3 Å². The van der Waals surface area contributed by atoms with Crippen LogP contribution >= 0.6 is 11.3 Å². The molecule has 1 aromatic heterocycles. The maximum Gasteiger partial charge on any atom is 0.0618 e. The van der Waals surface area contributed by atoms with Crippen molar-refractivity contribution in [1.29, 1.82) is 0 Å². The minimum absolute atomic E-state index is 1.23. The van der Waals surface area contributed by atoms with Gasteiger partial charge in [-0.05, 0) is 23.3 Å². The van der Waals surface area contributed by atoms with Crippen molar-refractivity contribution < 1.29 is 0 Å². The van der Waals surface area contributed by atoms with Gasteiger partial charge in [-0.3, -0.25) is 0 Å². The zero-order valence-corrected chi connectivity index (χ0v) is 7.19. The second-order valence-electron chi connectivity index (χ2n) is 2.83. The molecule has 2 heterocycles. The molecular formula is C11H6S. The van der Waals surface area contributed by atoms with Gasteiger partial charge in [-0.25, -0.2) is 0 Å². The van der Waals surface area contributed by atoms with Gasteiger partial charge < -0.3 is 0 Å². The Labute approximate surface area is 75.5 Å². The molecule has 0 amide bonds. The summed E-state index contributed by atoms with van der Waals surface area (Å²) in [5, 5.41) is 0. The van der Waals surface area contributed by atoms with Crippen molar-refractivity contribution in [3.63, 3.8) is 0 Å². The Morgan fingerprint density at radius 1 is 1.00 bits per heavy atom. The summed E-state index contributed by atoms with van der Waals surface area (Å²) in [7, 11) is 0. The Morgan fingerprint density at radius 2 is 1.92 bits per heavy atom. The fourth-order valence-corrected chi connectivity index (χ4v) is 2.45. The summed E-state index contributed by atoms with van der Waals surface area (Å²) in [5.74, 6) is 0. The molecule has 0 unspecified atom stereocenters. The van der Waals surface area contributed by atoms with E-state index >= 15 is 0 Å². The predicted molar refractivity (Wildman–Crippen MR) is 51.2 cm³/mol. The van der Waals surface area contributed by atoms with Gasteiger partial charge in [0.1, 0.15) is 0 Å². The molecule has 56 valence electrons. The summed E-state index contributed by atoms with van der Waals surface area (Å²) in [6.45, 7) is 0. The third-order valence-electron chi connectivity index (χ3n) is 2.06. The third kappa shape index (κ3) is 0.772. The molecule has 0 N–H and O–H groups in total. The van der Waals surface area contributed by atoms with Gasteiger partial charge in [0.15, 0.2) is 0 Å². The first-order chi connectivity index (χ1) is 5.93. The van der Waals surface area contributed by atoms with Gasteiger partial charge >= 0.3 is 0 Å². The quantitative estimate of drug-likeness (QED) is 0.486. The first-order valence-electron chi connectivity index (χ1n) is 3.90. The smallest absolute Gasteiger partial charge is 0.0618 e. The maximum atomic E-state index is 3.36.